The first-order valence-corrected chi connectivity index (χ1v) is 10.7. The molecule has 2 fully saturated rings. The molecular formula is C24H29NO5. The van der Waals surface area contributed by atoms with E-state index in [9.17, 15) is 15.0 Å². The maximum atomic E-state index is 13.0. The van der Waals surface area contributed by atoms with Crippen LogP contribution in [-0.2, 0) is 14.9 Å². The third-order valence-electron chi connectivity index (χ3n) is 6.27. The van der Waals surface area contributed by atoms with E-state index in [1.807, 2.05) is 41.3 Å². The van der Waals surface area contributed by atoms with Gasteiger partial charge in [-0.25, -0.2) is 0 Å². The maximum Gasteiger partial charge on any atom is 0.253 e. The molecule has 2 aliphatic heterocycles. The number of ether oxygens (including phenoxy) is 2. The molecule has 6 heteroatoms. The molecule has 0 aromatic heterocycles. The van der Waals surface area contributed by atoms with E-state index in [0.29, 0.717) is 31.7 Å². The second kappa shape index (κ2) is 9.06. The van der Waals surface area contributed by atoms with Gasteiger partial charge < -0.3 is 24.6 Å². The Bertz CT molecular complexity index is 865. The van der Waals surface area contributed by atoms with E-state index in [4.69, 9.17) is 9.47 Å². The molecule has 2 unspecified atom stereocenters. The summed E-state index contributed by atoms with van der Waals surface area (Å²) in [5.74, 6) is -0.274. The van der Waals surface area contributed by atoms with Gasteiger partial charge in [-0.1, -0.05) is 24.3 Å². The second-order valence-corrected chi connectivity index (χ2v) is 8.24. The fourth-order valence-corrected chi connectivity index (χ4v) is 4.47. The maximum absolute atomic E-state index is 13.0. The minimum absolute atomic E-state index is 0.0111. The summed E-state index contributed by atoms with van der Waals surface area (Å²) in [6.07, 6.45) is 4.41. The van der Waals surface area contributed by atoms with Crippen molar-refractivity contribution in [2.24, 2.45) is 0 Å². The third kappa shape index (κ3) is 4.45. The molecule has 2 N–H and O–H groups in total. The average molecular weight is 411 g/mol. The van der Waals surface area contributed by atoms with Crippen LogP contribution in [0.1, 0.15) is 48.0 Å². The van der Waals surface area contributed by atoms with Crippen LogP contribution in [0.2, 0.25) is 0 Å². The van der Waals surface area contributed by atoms with Crippen LogP contribution in [0, 0.1) is 0 Å². The van der Waals surface area contributed by atoms with Crippen LogP contribution in [0.5, 0.6) is 11.5 Å². The Morgan fingerprint density at radius 3 is 2.70 bits per heavy atom. The Morgan fingerprint density at radius 1 is 1.13 bits per heavy atom. The third-order valence-corrected chi connectivity index (χ3v) is 6.27. The predicted octanol–water partition coefficient (Wildman–Crippen LogP) is 3.82. The van der Waals surface area contributed by atoms with Crippen molar-refractivity contribution in [3.63, 3.8) is 0 Å². The largest absolute Gasteiger partial charge is 0.504 e. The SMILES string of the molecule is O=C(c1ccccc1)N1CCC(CCOC2CCCCO2)(c2ccc(O)c(O)c2)C1. The summed E-state index contributed by atoms with van der Waals surface area (Å²) in [7, 11) is 0. The summed E-state index contributed by atoms with van der Waals surface area (Å²) in [6.45, 7) is 2.43. The number of nitrogens with zero attached hydrogens (tertiary/aromatic N) is 1. The van der Waals surface area contributed by atoms with Crippen molar-refractivity contribution in [3.05, 3.63) is 59.7 Å². The monoisotopic (exact) mass is 411 g/mol. The quantitative estimate of drug-likeness (QED) is 0.707. The summed E-state index contributed by atoms with van der Waals surface area (Å²) in [4.78, 5) is 14.9. The summed E-state index contributed by atoms with van der Waals surface area (Å²) in [6, 6.07) is 14.3. The zero-order valence-electron chi connectivity index (χ0n) is 17.1. The topological polar surface area (TPSA) is 79.2 Å². The van der Waals surface area contributed by atoms with Crippen molar-refractivity contribution in [2.45, 2.75) is 43.8 Å². The molecule has 0 aliphatic carbocycles. The van der Waals surface area contributed by atoms with Gasteiger partial charge in [-0.3, -0.25) is 4.79 Å². The zero-order valence-corrected chi connectivity index (χ0v) is 17.1. The Hall–Kier alpha value is -2.57. The molecule has 4 rings (SSSR count). The molecule has 2 heterocycles. The van der Waals surface area contributed by atoms with Crippen molar-refractivity contribution in [1.29, 1.82) is 0 Å². The molecule has 1 amide bonds. The van der Waals surface area contributed by atoms with Gasteiger partial charge in [0.15, 0.2) is 17.8 Å². The van der Waals surface area contributed by atoms with Gasteiger partial charge in [0.1, 0.15) is 0 Å². The molecule has 2 aromatic carbocycles. The van der Waals surface area contributed by atoms with Crippen molar-refractivity contribution in [2.75, 3.05) is 26.3 Å². The second-order valence-electron chi connectivity index (χ2n) is 8.24. The minimum atomic E-state index is -0.343. The lowest BCUT2D eigenvalue weighted by Gasteiger charge is -2.31. The predicted molar refractivity (Wildman–Crippen MR) is 113 cm³/mol. The first kappa shape index (κ1) is 20.7. The van der Waals surface area contributed by atoms with E-state index in [1.54, 1.807) is 6.07 Å². The number of amides is 1. The number of hydrogen-bond donors (Lipinski definition) is 2. The van der Waals surface area contributed by atoms with Crippen molar-refractivity contribution in [3.8, 4) is 11.5 Å². The number of rotatable bonds is 6. The number of carbonyl (C=O) groups excluding carboxylic acids is 1. The van der Waals surface area contributed by atoms with E-state index in [2.05, 4.69) is 0 Å². The van der Waals surface area contributed by atoms with Gasteiger partial charge >= 0.3 is 0 Å². The summed E-state index contributed by atoms with van der Waals surface area (Å²) < 4.78 is 11.7. The highest BCUT2D eigenvalue weighted by molar-refractivity contribution is 5.94. The first-order valence-electron chi connectivity index (χ1n) is 10.7. The average Bonchev–Trinajstić information content (AvgIpc) is 3.22. The first-order chi connectivity index (χ1) is 14.6. The Balaban J connectivity index is 1.51. The van der Waals surface area contributed by atoms with Crippen LogP contribution in [0.15, 0.2) is 48.5 Å². The van der Waals surface area contributed by atoms with E-state index < -0.39 is 0 Å². The fourth-order valence-electron chi connectivity index (χ4n) is 4.47. The molecule has 30 heavy (non-hydrogen) atoms. The Morgan fingerprint density at radius 2 is 1.97 bits per heavy atom. The zero-order chi connectivity index (χ0) is 21.0. The molecule has 2 atom stereocenters. The Labute approximate surface area is 177 Å². The molecule has 0 radical (unpaired) electrons. The van der Waals surface area contributed by atoms with Crippen LogP contribution in [-0.4, -0.2) is 53.6 Å². The van der Waals surface area contributed by atoms with Crippen LogP contribution in [0.3, 0.4) is 0 Å². The lowest BCUT2D eigenvalue weighted by molar-refractivity contribution is -0.164. The summed E-state index contributed by atoms with van der Waals surface area (Å²) in [5, 5.41) is 19.8. The number of likely N-dealkylation sites (tertiary alicyclic amines) is 1. The van der Waals surface area contributed by atoms with Crippen LogP contribution in [0.4, 0.5) is 0 Å². The molecular weight excluding hydrogens is 382 g/mol. The van der Waals surface area contributed by atoms with Crippen molar-refractivity contribution >= 4 is 5.91 Å². The number of phenols is 2. The highest BCUT2D eigenvalue weighted by Gasteiger charge is 2.41. The van der Waals surface area contributed by atoms with E-state index in [1.165, 1.54) is 6.07 Å². The molecule has 6 nitrogen and oxygen atoms in total. The van der Waals surface area contributed by atoms with Gasteiger partial charge in [0, 0.05) is 30.7 Å². The summed E-state index contributed by atoms with van der Waals surface area (Å²) >= 11 is 0. The van der Waals surface area contributed by atoms with Crippen molar-refractivity contribution in [1.82, 2.24) is 4.90 Å². The van der Waals surface area contributed by atoms with Gasteiger partial charge in [0.05, 0.1) is 6.61 Å². The van der Waals surface area contributed by atoms with Crippen LogP contribution >= 0.6 is 0 Å². The van der Waals surface area contributed by atoms with Crippen LogP contribution in [0.25, 0.3) is 0 Å². The number of carbonyl (C=O) groups is 1. The minimum Gasteiger partial charge on any atom is -0.504 e. The normalized spacial score (nSPS) is 24.1. The number of hydrogen-bond acceptors (Lipinski definition) is 5. The Kier molecular flexibility index (Phi) is 6.25. The van der Waals surface area contributed by atoms with Gasteiger partial charge in [-0.2, -0.15) is 0 Å². The molecule has 0 bridgehead atoms. The van der Waals surface area contributed by atoms with Crippen LogP contribution < -0.4 is 0 Å². The van der Waals surface area contributed by atoms with E-state index in [0.717, 1.165) is 37.9 Å². The number of phenolic OH excluding ortho intramolecular Hbond substituents is 2. The number of benzene rings is 2. The molecule has 0 saturated carbocycles. The van der Waals surface area contributed by atoms with Gasteiger partial charge in [-0.15, -0.1) is 0 Å². The molecule has 160 valence electrons. The van der Waals surface area contributed by atoms with Gasteiger partial charge in [0.25, 0.3) is 5.91 Å². The standard InChI is InChI=1S/C24H29NO5/c26-20-10-9-19(16-21(20)27)24(12-15-30-22-8-4-5-14-29-22)11-13-25(17-24)23(28)18-6-2-1-3-7-18/h1-3,6-7,9-10,16,22,26-27H,4-5,8,11-15,17H2. The van der Waals surface area contributed by atoms with E-state index >= 15 is 0 Å². The van der Waals surface area contributed by atoms with Gasteiger partial charge in [0.2, 0.25) is 0 Å². The highest BCUT2D eigenvalue weighted by Crippen LogP contribution is 2.41. The molecule has 0 spiro atoms. The highest BCUT2D eigenvalue weighted by atomic mass is 16.7. The smallest absolute Gasteiger partial charge is 0.253 e. The number of aromatic hydroxyl groups is 2. The summed E-state index contributed by atoms with van der Waals surface area (Å²) in [5.41, 5.74) is 1.24. The fraction of sp³-hybridized carbons (Fsp3) is 0.458. The van der Waals surface area contributed by atoms with Gasteiger partial charge in [-0.05, 0) is 61.9 Å². The van der Waals surface area contributed by atoms with Crippen molar-refractivity contribution < 1.29 is 24.5 Å². The molecule has 2 aliphatic rings. The lowest BCUT2D eigenvalue weighted by Crippen LogP contribution is -2.36. The molecule has 2 aromatic rings. The molecule has 2 saturated heterocycles. The lowest BCUT2D eigenvalue weighted by atomic mass is 9.77. The van der Waals surface area contributed by atoms with E-state index in [-0.39, 0.29) is 29.1 Å².